The molecule has 0 bridgehead atoms. The van der Waals surface area contributed by atoms with Gasteiger partial charge >= 0.3 is 12.1 Å². The number of rotatable bonds is 5. The molecule has 0 saturated heterocycles. The molecular formula is C19H14F3NO6. The zero-order valence-corrected chi connectivity index (χ0v) is 15.0. The van der Waals surface area contributed by atoms with E-state index in [1.807, 2.05) is 0 Å². The molecule has 0 fully saturated rings. The number of amides is 1. The number of anilines is 1. The van der Waals surface area contributed by atoms with E-state index < -0.39 is 30.2 Å². The number of hydrogen-bond acceptors (Lipinski definition) is 6. The van der Waals surface area contributed by atoms with Crippen molar-refractivity contribution in [3.8, 4) is 11.5 Å². The Hall–Kier alpha value is -3.56. The van der Waals surface area contributed by atoms with E-state index >= 15 is 0 Å². The average Bonchev–Trinajstić information content (AvgIpc) is 3.12. The summed E-state index contributed by atoms with van der Waals surface area (Å²) in [6.07, 6.45) is -4.61. The van der Waals surface area contributed by atoms with Crippen LogP contribution in [0.25, 0.3) is 0 Å². The summed E-state index contributed by atoms with van der Waals surface area (Å²) in [6.45, 7) is 0.500. The summed E-state index contributed by atoms with van der Waals surface area (Å²) >= 11 is 0. The Morgan fingerprint density at radius 2 is 1.79 bits per heavy atom. The molecule has 0 aromatic heterocycles. The van der Waals surface area contributed by atoms with Crippen LogP contribution in [0.15, 0.2) is 36.4 Å². The number of fused-ring (bicyclic) bond motifs is 1. The first-order valence-corrected chi connectivity index (χ1v) is 8.24. The molecule has 7 nitrogen and oxygen atoms in total. The molecule has 1 aliphatic heterocycles. The van der Waals surface area contributed by atoms with Crippen LogP contribution in [0.4, 0.5) is 18.9 Å². The fraction of sp³-hybridized carbons (Fsp3) is 0.211. The van der Waals surface area contributed by atoms with Crippen LogP contribution in [-0.2, 0) is 15.7 Å². The van der Waals surface area contributed by atoms with Gasteiger partial charge in [-0.15, -0.1) is 0 Å². The number of carbonyl (C=O) groups is 3. The summed E-state index contributed by atoms with van der Waals surface area (Å²) in [5.74, 6) is -1.55. The predicted octanol–water partition coefficient (Wildman–Crippen LogP) is 3.43. The number of carbonyl (C=O) groups excluding carboxylic acids is 3. The summed E-state index contributed by atoms with van der Waals surface area (Å²) in [4.78, 5) is 35.8. The Kier molecular flexibility index (Phi) is 5.44. The van der Waals surface area contributed by atoms with E-state index in [1.54, 1.807) is 0 Å². The molecule has 29 heavy (non-hydrogen) atoms. The standard InChI is InChI=1S/C19H14F3NO6/c1-10(24)13-6-15-16(29-9-28-15)7-14(13)23-17(25)8-27-18(26)11-3-2-4-12(5-11)19(20,21)22/h2-7H,8-9H2,1H3,(H,23,25). The molecule has 1 N–H and O–H groups in total. The minimum Gasteiger partial charge on any atom is -0.454 e. The average molecular weight is 409 g/mol. The number of Topliss-reactive ketones (excluding diaryl/α,β-unsaturated/α-hetero) is 1. The Morgan fingerprint density at radius 1 is 1.10 bits per heavy atom. The third-order valence-electron chi connectivity index (χ3n) is 3.93. The Balaban J connectivity index is 1.66. The lowest BCUT2D eigenvalue weighted by Crippen LogP contribution is -2.22. The third-order valence-corrected chi connectivity index (χ3v) is 3.93. The van der Waals surface area contributed by atoms with Gasteiger partial charge in [0, 0.05) is 11.6 Å². The fourth-order valence-electron chi connectivity index (χ4n) is 2.56. The number of esters is 1. The van der Waals surface area contributed by atoms with Crippen LogP contribution in [-0.4, -0.2) is 31.1 Å². The highest BCUT2D eigenvalue weighted by atomic mass is 19.4. The monoisotopic (exact) mass is 409 g/mol. The number of ketones is 1. The van der Waals surface area contributed by atoms with E-state index in [2.05, 4.69) is 5.32 Å². The lowest BCUT2D eigenvalue weighted by atomic mass is 10.1. The van der Waals surface area contributed by atoms with Crippen LogP contribution in [0.5, 0.6) is 11.5 Å². The summed E-state index contributed by atoms with van der Waals surface area (Å²) in [6, 6.07) is 6.45. The first-order chi connectivity index (χ1) is 13.6. The maximum atomic E-state index is 12.7. The van der Waals surface area contributed by atoms with Crippen molar-refractivity contribution in [3.05, 3.63) is 53.1 Å². The Morgan fingerprint density at radius 3 is 2.45 bits per heavy atom. The van der Waals surface area contributed by atoms with Crippen LogP contribution < -0.4 is 14.8 Å². The highest BCUT2D eigenvalue weighted by molar-refractivity contribution is 6.05. The van der Waals surface area contributed by atoms with Crippen LogP contribution >= 0.6 is 0 Å². The quantitative estimate of drug-likeness (QED) is 0.601. The van der Waals surface area contributed by atoms with E-state index in [0.29, 0.717) is 17.6 Å². The van der Waals surface area contributed by atoms with E-state index in [1.165, 1.54) is 19.1 Å². The largest absolute Gasteiger partial charge is 0.454 e. The second-order valence-electron chi connectivity index (χ2n) is 6.01. The Labute approximate surface area is 162 Å². The van der Waals surface area contributed by atoms with Crippen molar-refractivity contribution >= 4 is 23.3 Å². The molecule has 3 rings (SSSR count). The van der Waals surface area contributed by atoms with Gasteiger partial charge in [0.15, 0.2) is 23.9 Å². The van der Waals surface area contributed by atoms with Gasteiger partial charge in [-0.05, 0) is 31.2 Å². The van der Waals surface area contributed by atoms with Crippen LogP contribution in [0.3, 0.4) is 0 Å². The molecule has 2 aromatic rings. The topological polar surface area (TPSA) is 90.9 Å². The molecule has 1 amide bonds. The van der Waals surface area contributed by atoms with Crippen LogP contribution in [0, 0.1) is 0 Å². The smallest absolute Gasteiger partial charge is 0.416 e. The number of nitrogens with one attached hydrogen (secondary N) is 1. The number of alkyl halides is 3. The van der Waals surface area contributed by atoms with Crippen molar-refractivity contribution < 1.29 is 41.8 Å². The molecule has 0 unspecified atom stereocenters. The molecule has 10 heteroatoms. The van der Waals surface area contributed by atoms with Gasteiger partial charge in [0.2, 0.25) is 6.79 Å². The summed E-state index contributed by atoms with van der Waals surface area (Å²) in [5, 5.41) is 2.41. The zero-order valence-electron chi connectivity index (χ0n) is 15.0. The summed E-state index contributed by atoms with van der Waals surface area (Å²) in [5.41, 5.74) is -1.07. The SMILES string of the molecule is CC(=O)c1cc2c(cc1NC(=O)COC(=O)c1cccc(C(F)(F)F)c1)OCO2. The molecular weight excluding hydrogens is 395 g/mol. The van der Waals surface area contributed by atoms with Gasteiger partial charge < -0.3 is 19.5 Å². The van der Waals surface area contributed by atoms with Crippen molar-refractivity contribution in [1.29, 1.82) is 0 Å². The molecule has 0 saturated carbocycles. The molecule has 0 atom stereocenters. The van der Waals surface area contributed by atoms with Crippen molar-refractivity contribution in [2.45, 2.75) is 13.1 Å². The summed E-state index contributed by atoms with van der Waals surface area (Å²) < 4.78 is 53.3. The Bertz CT molecular complexity index is 986. The zero-order chi connectivity index (χ0) is 21.2. The number of ether oxygens (including phenoxy) is 3. The molecule has 1 aliphatic rings. The predicted molar refractivity (Wildman–Crippen MR) is 92.9 cm³/mol. The van der Waals surface area contributed by atoms with Crippen LogP contribution in [0.1, 0.15) is 33.2 Å². The molecule has 2 aromatic carbocycles. The van der Waals surface area contributed by atoms with E-state index in [-0.39, 0.29) is 29.4 Å². The molecule has 1 heterocycles. The first-order valence-electron chi connectivity index (χ1n) is 8.24. The molecule has 0 spiro atoms. The van der Waals surface area contributed by atoms with Crippen molar-refractivity contribution in [3.63, 3.8) is 0 Å². The highest BCUT2D eigenvalue weighted by Crippen LogP contribution is 2.37. The number of benzene rings is 2. The number of hydrogen-bond donors (Lipinski definition) is 1. The fourth-order valence-corrected chi connectivity index (χ4v) is 2.56. The van der Waals surface area contributed by atoms with E-state index in [9.17, 15) is 27.6 Å². The van der Waals surface area contributed by atoms with Crippen molar-refractivity contribution in [2.24, 2.45) is 0 Å². The van der Waals surface area contributed by atoms with Gasteiger partial charge in [0.05, 0.1) is 16.8 Å². The minimum absolute atomic E-state index is 0.0291. The normalized spacial score (nSPS) is 12.4. The molecule has 152 valence electrons. The second kappa shape index (κ2) is 7.82. The molecule has 0 aliphatic carbocycles. The molecule has 0 radical (unpaired) electrons. The van der Waals surface area contributed by atoms with Gasteiger partial charge in [-0.2, -0.15) is 13.2 Å². The van der Waals surface area contributed by atoms with Gasteiger partial charge in [-0.1, -0.05) is 6.07 Å². The van der Waals surface area contributed by atoms with E-state index in [4.69, 9.17) is 14.2 Å². The van der Waals surface area contributed by atoms with Crippen molar-refractivity contribution in [2.75, 3.05) is 18.7 Å². The van der Waals surface area contributed by atoms with Gasteiger partial charge in [-0.25, -0.2) is 4.79 Å². The maximum absolute atomic E-state index is 12.7. The second-order valence-corrected chi connectivity index (χ2v) is 6.01. The third kappa shape index (κ3) is 4.65. The van der Waals surface area contributed by atoms with Gasteiger partial charge in [0.1, 0.15) is 0 Å². The summed E-state index contributed by atoms with van der Waals surface area (Å²) in [7, 11) is 0. The lowest BCUT2D eigenvalue weighted by molar-refractivity contribution is -0.137. The maximum Gasteiger partial charge on any atom is 0.416 e. The van der Waals surface area contributed by atoms with Crippen molar-refractivity contribution in [1.82, 2.24) is 0 Å². The van der Waals surface area contributed by atoms with Gasteiger partial charge in [0.25, 0.3) is 5.91 Å². The minimum atomic E-state index is -4.61. The first kappa shape index (κ1) is 20.2. The van der Waals surface area contributed by atoms with Crippen LogP contribution in [0.2, 0.25) is 0 Å². The highest BCUT2D eigenvalue weighted by Gasteiger charge is 2.31. The van der Waals surface area contributed by atoms with Gasteiger partial charge in [-0.3, -0.25) is 9.59 Å². The lowest BCUT2D eigenvalue weighted by Gasteiger charge is -2.11. The van der Waals surface area contributed by atoms with E-state index in [0.717, 1.165) is 18.2 Å². The number of halogens is 3.